The van der Waals surface area contributed by atoms with E-state index in [0.717, 1.165) is 0 Å². The summed E-state index contributed by atoms with van der Waals surface area (Å²) in [5.41, 5.74) is 0. The number of halogens is 1. The SMILES string of the molecule is OC[C@H](CNc1nc(Cl)ncc1O)C1CC1. The second-order valence-corrected chi connectivity index (χ2v) is 4.37. The molecular formula is C10H14ClN3O2. The number of aliphatic hydroxyl groups is 1. The topological polar surface area (TPSA) is 78.3 Å². The number of aromatic hydroxyl groups is 1. The Balaban J connectivity index is 1.95. The van der Waals surface area contributed by atoms with Crippen molar-refractivity contribution in [3.05, 3.63) is 11.5 Å². The van der Waals surface area contributed by atoms with E-state index >= 15 is 0 Å². The van der Waals surface area contributed by atoms with Gasteiger partial charge < -0.3 is 15.5 Å². The molecule has 88 valence electrons. The minimum Gasteiger partial charge on any atom is -0.503 e. The van der Waals surface area contributed by atoms with Crippen molar-refractivity contribution < 1.29 is 10.2 Å². The van der Waals surface area contributed by atoms with E-state index in [9.17, 15) is 10.2 Å². The van der Waals surface area contributed by atoms with Gasteiger partial charge in [-0.15, -0.1) is 0 Å². The van der Waals surface area contributed by atoms with E-state index in [1.165, 1.54) is 19.0 Å². The summed E-state index contributed by atoms with van der Waals surface area (Å²) in [4.78, 5) is 7.52. The monoisotopic (exact) mass is 243 g/mol. The molecule has 1 aromatic heterocycles. The zero-order valence-corrected chi connectivity index (χ0v) is 9.48. The van der Waals surface area contributed by atoms with E-state index < -0.39 is 0 Å². The predicted octanol–water partition coefficient (Wildman–Crippen LogP) is 1.27. The second-order valence-electron chi connectivity index (χ2n) is 4.03. The summed E-state index contributed by atoms with van der Waals surface area (Å²) in [6.45, 7) is 0.735. The highest BCUT2D eigenvalue weighted by Gasteiger charge is 2.30. The van der Waals surface area contributed by atoms with Crippen LogP contribution in [0.3, 0.4) is 0 Å². The van der Waals surface area contributed by atoms with Gasteiger partial charge in [0.1, 0.15) is 0 Å². The Morgan fingerprint density at radius 1 is 1.56 bits per heavy atom. The van der Waals surface area contributed by atoms with Crippen LogP contribution in [-0.2, 0) is 0 Å². The highest BCUT2D eigenvalue weighted by molar-refractivity contribution is 6.28. The molecular weight excluding hydrogens is 230 g/mol. The highest BCUT2D eigenvalue weighted by atomic mass is 35.5. The average Bonchev–Trinajstić information content (AvgIpc) is 3.08. The molecule has 1 aromatic rings. The van der Waals surface area contributed by atoms with E-state index in [1.54, 1.807) is 0 Å². The van der Waals surface area contributed by atoms with Gasteiger partial charge in [-0.3, -0.25) is 0 Å². The smallest absolute Gasteiger partial charge is 0.224 e. The molecule has 1 saturated carbocycles. The third-order valence-corrected chi connectivity index (χ3v) is 2.98. The number of aliphatic hydroxyl groups excluding tert-OH is 1. The van der Waals surface area contributed by atoms with Crippen molar-refractivity contribution in [3.63, 3.8) is 0 Å². The molecule has 1 aliphatic carbocycles. The molecule has 0 spiro atoms. The Morgan fingerprint density at radius 3 is 2.94 bits per heavy atom. The van der Waals surface area contributed by atoms with Gasteiger partial charge in [-0.25, -0.2) is 4.98 Å². The molecule has 0 saturated heterocycles. The average molecular weight is 244 g/mol. The Morgan fingerprint density at radius 2 is 2.31 bits per heavy atom. The molecule has 0 aliphatic heterocycles. The standard InChI is InChI=1S/C10H14ClN3O2/c11-10-13-4-8(16)9(14-10)12-3-7(5-15)6-1-2-6/h4,6-7,15-16H,1-3,5H2,(H,12,13,14)/t7-/m0/s1. The van der Waals surface area contributed by atoms with Crippen LogP contribution in [0.1, 0.15) is 12.8 Å². The van der Waals surface area contributed by atoms with E-state index in [1.807, 2.05) is 0 Å². The van der Waals surface area contributed by atoms with Crippen LogP contribution in [0.4, 0.5) is 5.82 Å². The summed E-state index contributed by atoms with van der Waals surface area (Å²) in [6.07, 6.45) is 3.59. The fourth-order valence-electron chi connectivity index (χ4n) is 1.66. The van der Waals surface area contributed by atoms with Gasteiger partial charge in [0.15, 0.2) is 11.6 Å². The number of nitrogens with one attached hydrogen (secondary N) is 1. The Kier molecular flexibility index (Phi) is 3.46. The molecule has 1 aliphatic rings. The number of anilines is 1. The lowest BCUT2D eigenvalue weighted by molar-refractivity contribution is 0.217. The Labute approximate surface area is 98.5 Å². The lowest BCUT2D eigenvalue weighted by Crippen LogP contribution is -2.20. The van der Waals surface area contributed by atoms with E-state index in [4.69, 9.17) is 11.6 Å². The first-order valence-electron chi connectivity index (χ1n) is 5.27. The molecule has 1 fully saturated rings. The molecule has 6 heteroatoms. The Hall–Kier alpha value is -1.07. The minimum atomic E-state index is -0.0307. The third kappa shape index (κ3) is 2.74. The van der Waals surface area contributed by atoms with Crippen LogP contribution in [0.5, 0.6) is 5.75 Å². The number of rotatable bonds is 5. The highest BCUT2D eigenvalue weighted by Crippen LogP contribution is 2.36. The first-order valence-corrected chi connectivity index (χ1v) is 5.64. The zero-order chi connectivity index (χ0) is 11.5. The fourth-order valence-corrected chi connectivity index (χ4v) is 1.79. The molecule has 16 heavy (non-hydrogen) atoms. The summed E-state index contributed by atoms with van der Waals surface area (Å²) >= 11 is 5.62. The molecule has 2 rings (SSSR count). The predicted molar refractivity (Wildman–Crippen MR) is 60.5 cm³/mol. The number of aromatic nitrogens is 2. The van der Waals surface area contributed by atoms with Gasteiger partial charge in [-0.05, 0) is 30.4 Å². The summed E-state index contributed by atoms with van der Waals surface area (Å²) in [7, 11) is 0. The maximum absolute atomic E-state index is 9.47. The van der Waals surface area contributed by atoms with Crippen LogP contribution in [0.2, 0.25) is 5.28 Å². The first kappa shape index (κ1) is 11.4. The van der Waals surface area contributed by atoms with Crippen molar-refractivity contribution in [1.82, 2.24) is 9.97 Å². The third-order valence-electron chi connectivity index (χ3n) is 2.79. The lowest BCUT2D eigenvalue weighted by atomic mass is 10.1. The first-order chi connectivity index (χ1) is 7.70. The number of hydrogen-bond acceptors (Lipinski definition) is 5. The van der Waals surface area contributed by atoms with Crippen LogP contribution in [0.25, 0.3) is 0 Å². The van der Waals surface area contributed by atoms with Crippen LogP contribution in [-0.4, -0.2) is 33.3 Å². The number of nitrogens with zero attached hydrogens (tertiary/aromatic N) is 2. The quantitative estimate of drug-likeness (QED) is 0.679. The number of hydrogen-bond donors (Lipinski definition) is 3. The van der Waals surface area contributed by atoms with Crippen molar-refractivity contribution >= 4 is 17.4 Å². The van der Waals surface area contributed by atoms with Crippen LogP contribution < -0.4 is 5.32 Å². The molecule has 5 nitrogen and oxygen atoms in total. The van der Waals surface area contributed by atoms with Gasteiger partial charge in [0, 0.05) is 19.1 Å². The maximum Gasteiger partial charge on any atom is 0.224 e. The maximum atomic E-state index is 9.47. The van der Waals surface area contributed by atoms with Gasteiger partial charge >= 0.3 is 0 Å². The normalized spacial score (nSPS) is 17.1. The minimum absolute atomic E-state index is 0.0307. The summed E-state index contributed by atoms with van der Waals surface area (Å²) < 4.78 is 0. The van der Waals surface area contributed by atoms with Crippen molar-refractivity contribution in [1.29, 1.82) is 0 Å². The molecule has 1 atom stereocenters. The second kappa shape index (κ2) is 4.84. The van der Waals surface area contributed by atoms with E-state index in [-0.39, 0.29) is 23.6 Å². The molecule has 3 N–H and O–H groups in total. The molecule has 1 heterocycles. The van der Waals surface area contributed by atoms with Gasteiger partial charge in [0.2, 0.25) is 5.28 Å². The summed E-state index contributed by atoms with van der Waals surface area (Å²) in [5.74, 6) is 1.10. The molecule has 0 bridgehead atoms. The lowest BCUT2D eigenvalue weighted by Gasteiger charge is -2.14. The summed E-state index contributed by atoms with van der Waals surface area (Å²) in [6, 6.07) is 0. The van der Waals surface area contributed by atoms with E-state index in [2.05, 4.69) is 15.3 Å². The summed E-state index contributed by atoms with van der Waals surface area (Å²) in [5, 5.41) is 21.7. The van der Waals surface area contributed by atoms with Crippen molar-refractivity contribution in [2.24, 2.45) is 11.8 Å². The molecule has 0 unspecified atom stereocenters. The van der Waals surface area contributed by atoms with Crippen molar-refractivity contribution in [3.8, 4) is 5.75 Å². The Bertz CT molecular complexity index is 371. The van der Waals surface area contributed by atoms with Gasteiger partial charge in [-0.2, -0.15) is 4.98 Å². The zero-order valence-electron chi connectivity index (χ0n) is 8.73. The molecule has 0 aromatic carbocycles. The molecule has 0 amide bonds. The van der Waals surface area contributed by atoms with Crippen molar-refractivity contribution in [2.45, 2.75) is 12.8 Å². The van der Waals surface area contributed by atoms with Crippen LogP contribution in [0, 0.1) is 11.8 Å². The van der Waals surface area contributed by atoms with Gasteiger partial charge in [0.25, 0.3) is 0 Å². The van der Waals surface area contributed by atoms with Crippen LogP contribution in [0.15, 0.2) is 6.20 Å². The molecule has 0 radical (unpaired) electrons. The van der Waals surface area contributed by atoms with Gasteiger partial charge in [-0.1, -0.05) is 0 Å². The van der Waals surface area contributed by atoms with Crippen molar-refractivity contribution in [2.75, 3.05) is 18.5 Å². The van der Waals surface area contributed by atoms with Gasteiger partial charge in [0.05, 0.1) is 6.20 Å². The fraction of sp³-hybridized carbons (Fsp3) is 0.600. The largest absolute Gasteiger partial charge is 0.503 e. The van der Waals surface area contributed by atoms with Crippen LogP contribution >= 0.6 is 11.6 Å². The van der Waals surface area contributed by atoms with E-state index in [0.29, 0.717) is 18.3 Å².